The van der Waals surface area contributed by atoms with Gasteiger partial charge < -0.3 is 14.7 Å². The molecule has 1 atom stereocenters. The average molecular weight is 312 g/mol. The molecule has 21 heavy (non-hydrogen) atoms. The Hall–Kier alpha value is -1.26. The Balaban J connectivity index is 2.02. The molecule has 1 saturated heterocycles. The first-order chi connectivity index (χ1) is 9.73. The molecule has 1 N–H and O–H groups in total. The van der Waals surface area contributed by atoms with Crippen molar-refractivity contribution in [2.75, 3.05) is 13.2 Å². The summed E-state index contributed by atoms with van der Waals surface area (Å²) in [4.78, 5) is 14.0. The fourth-order valence-corrected chi connectivity index (χ4v) is 2.84. The number of benzene rings is 1. The predicted octanol–water partition coefficient (Wildman–Crippen LogP) is 2.71. The molecule has 5 heteroatoms. The summed E-state index contributed by atoms with van der Waals surface area (Å²) < 4.78 is 5.59. The van der Waals surface area contributed by atoms with Crippen molar-refractivity contribution in [1.82, 2.24) is 4.90 Å². The van der Waals surface area contributed by atoms with E-state index in [9.17, 15) is 9.90 Å². The number of nitrogens with zero attached hydrogens (tertiary/aromatic N) is 1. The van der Waals surface area contributed by atoms with Gasteiger partial charge in [0.15, 0.2) is 6.61 Å². The average Bonchev–Trinajstić information content (AvgIpc) is 2.67. The molecular formula is C16H22ClNO3. The molecule has 0 radical (unpaired) electrons. The molecule has 0 spiro atoms. The van der Waals surface area contributed by atoms with Crippen molar-refractivity contribution in [1.29, 1.82) is 0 Å². The normalized spacial score (nSPS) is 20.7. The van der Waals surface area contributed by atoms with Crippen molar-refractivity contribution in [3.05, 3.63) is 28.3 Å². The van der Waals surface area contributed by atoms with Crippen LogP contribution < -0.4 is 4.74 Å². The van der Waals surface area contributed by atoms with Crippen LogP contribution >= 0.6 is 11.6 Å². The van der Waals surface area contributed by atoms with Crippen LogP contribution in [0.25, 0.3) is 0 Å². The molecule has 2 rings (SSSR count). The van der Waals surface area contributed by atoms with E-state index in [1.807, 2.05) is 39.8 Å². The Morgan fingerprint density at radius 1 is 1.43 bits per heavy atom. The summed E-state index contributed by atoms with van der Waals surface area (Å²) in [5.74, 6) is 0.530. The third kappa shape index (κ3) is 3.16. The summed E-state index contributed by atoms with van der Waals surface area (Å²) in [6.45, 7) is 8.10. The van der Waals surface area contributed by atoms with Gasteiger partial charge in [-0.3, -0.25) is 4.79 Å². The summed E-state index contributed by atoms with van der Waals surface area (Å²) in [6.07, 6.45) is 0.124. The van der Waals surface area contributed by atoms with E-state index in [-0.39, 0.29) is 12.5 Å². The van der Waals surface area contributed by atoms with E-state index in [2.05, 4.69) is 0 Å². The minimum Gasteiger partial charge on any atom is -0.484 e. The van der Waals surface area contributed by atoms with Crippen LogP contribution in [0.3, 0.4) is 0 Å². The van der Waals surface area contributed by atoms with Gasteiger partial charge in [0.2, 0.25) is 0 Å². The van der Waals surface area contributed by atoms with Crippen LogP contribution in [0.2, 0.25) is 5.02 Å². The third-order valence-corrected chi connectivity index (χ3v) is 4.81. The zero-order valence-electron chi connectivity index (χ0n) is 12.9. The topological polar surface area (TPSA) is 49.8 Å². The van der Waals surface area contributed by atoms with E-state index < -0.39 is 11.6 Å². The predicted molar refractivity (Wildman–Crippen MR) is 82.8 cm³/mol. The first-order valence-corrected chi connectivity index (χ1v) is 7.49. The standard InChI is InChI=1S/C16H22ClNO3/c1-10-7-12(8-11(2)15(10)17)21-9-14(20)18-6-5-13(19)16(18,3)4/h7-8,13,19H,5-6,9H2,1-4H3. The van der Waals surface area contributed by atoms with E-state index in [1.165, 1.54) is 0 Å². The smallest absolute Gasteiger partial charge is 0.261 e. The molecular weight excluding hydrogens is 290 g/mol. The van der Waals surface area contributed by atoms with Gasteiger partial charge in [-0.25, -0.2) is 0 Å². The van der Waals surface area contributed by atoms with Gasteiger partial charge in [-0.15, -0.1) is 0 Å². The highest BCUT2D eigenvalue weighted by atomic mass is 35.5. The number of hydrogen-bond donors (Lipinski definition) is 1. The highest BCUT2D eigenvalue weighted by Gasteiger charge is 2.42. The van der Waals surface area contributed by atoms with Crippen LogP contribution in [0.15, 0.2) is 12.1 Å². The molecule has 0 saturated carbocycles. The maximum absolute atomic E-state index is 12.3. The molecule has 0 aliphatic carbocycles. The van der Waals surface area contributed by atoms with Gasteiger partial charge in [0.05, 0.1) is 11.6 Å². The number of ether oxygens (including phenoxy) is 1. The minimum atomic E-state index is -0.535. The van der Waals surface area contributed by atoms with E-state index in [1.54, 1.807) is 4.90 Å². The lowest BCUT2D eigenvalue weighted by atomic mass is 9.99. The second-order valence-electron chi connectivity index (χ2n) is 6.16. The Kier molecular flexibility index (Phi) is 4.49. The molecule has 4 nitrogen and oxygen atoms in total. The van der Waals surface area contributed by atoms with Gasteiger partial charge in [0.1, 0.15) is 5.75 Å². The second kappa shape index (κ2) is 5.85. The van der Waals surface area contributed by atoms with E-state index in [4.69, 9.17) is 16.3 Å². The van der Waals surface area contributed by atoms with Gasteiger partial charge in [-0.2, -0.15) is 0 Å². The van der Waals surface area contributed by atoms with Crippen LogP contribution in [0.5, 0.6) is 5.75 Å². The van der Waals surface area contributed by atoms with Gasteiger partial charge >= 0.3 is 0 Å². The van der Waals surface area contributed by atoms with Gasteiger partial charge in [0, 0.05) is 11.6 Å². The Labute approximate surface area is 130 Å². The Morgan fingerprint density at radius 3 is 2.48 bits per heavy atom. The quantitative estimate of drug-likeness (QED) is 0.933. The Bertz CT molecular complexity index is 533. The second-order valence-corrected chi connectivity index (χ2v) is 6.54. The number of likely N-dealkylation sites (tertiary alicyclic amines) is 1. The monoisotopic (exact) mass is 311 g/mol. The Morgan fingerprint density at radius 2 is 2.00 bits per heavy atom. The number of hydrogen-bond acceptors (Lipinski definition) is 3. The number of carbonyl (C=O) groups is 1. The first-order valence-electron chi connectivity index (χ1n) is 7.11. The lowest BCUT2D eigenvalue weighted by Crippen LogP contribution is -2.49. The number of amides is 1. The molecule has 1 amide bonds. The van der Waals surface area contributed by atoms with Crippen molar-refractivity contribution >= 4 is 17.5 Å². The summed E-state index contributed by atoms with van der Waals surface area (Å²) in [7, 11) is 0. The zero-order valence-corrected chi connectivity index (χ0v) is 13.7. The zero-order chi connectivity index (χ0) is 15.8. The number of rotatable bonds is 3. The molecule has 1 aromatic rings. The molecule has 1 aliphatic rings. The molecule has 1 aromatic carbocycles. The van der Waals surface area contributed by atoms with E-state index in [0.717, 1.165) is 16.1 Å². The summed E-state index contributed by atoms with van der Waals surface area (Å²) in [5, 5.41) is 10.6. The fraction of sp³-hybridized carbons (Fsp3) is 0.562. The molecule has 1 fully saturated rings. The number of carbonyl (C=O) groups excluding carboxylic acids is 1. The van der Waals surface area contributed by atoms with E-state index in [0.29, 0.717) is 18.7 Å². The molecule has 0 aromatic heterocycles. The summed E-state index contributed by atoms with van der Waals surface area (Å²) in [5.41, 5.74) is 1.32. The molecule has 116 valence electrons. The highest BCUT2D eigenvalue weighted by Crippen LogP contribution is 2.29. The number of aliphatic hydroxyl groups is 1. The molecule has 1 unspecified atom stereocenters. The van der Waals surface area contributed by atoms with E-state index >= 15 is 0 Å². The van der Waals surface area contributed by atoms with Crippen molar-refractivity contribution in [3.8, 4) is 5.75 Å². The van der Waals surface area contributed by atoms with Crippen LogP contribution in [0.1, 0.15) is 31.4 Å². The maximum Gasteiger partial charge on any atom is 0.261 e. The minimum absolute atomic E-state index is 0.0311. The number of halogens is 1. The fourth-order valence-electron chi connectivity index (χ4n) is 2.73. The van der Waals surface area contributed by atoms with Crippen LogP contribution in [-0.4, -0.2) is 40.7 Å². The van der Waals surface area contributed by atoms with Crippen molar-refractivity contribution < 1.29 is 14.6 Å². The lowest BCUT2D eigenvalue weighted by molar-refractivity contribution is -0.138. The largest absolute Gasteiger partial charge is 0.484 e. The summed E-state index contributed by atoms with van der Waals surface area (Å²) >= 11 is 6.11. The van der Waals surface area contributed by atoms with Crippen molar-refractivity contribution in [2.24, 2.45) is 0 Å². The highest BCUT2D eigenvalue weighted by molar-refractivity contribution is 6.32. The van der Waals surface area contributed by atoms with Crippen LogP contribution in [-0.2, 0) is 4.79 Å². The third-order valence-electron chi connectivity index (χ3n) is 4.21. The first kappa shape index (κ1) is 16.1. The van der Waals surface area contributed by atoms with Gasteiger partial charge in [0.25, 0.3) is 5.91 Å². The van der Waals surface area contributed by atoms with Crippen molar-refractivity contribution in [3.63, 3.8) is 0 Å². The molecule has 1 aliphatic heterocycles. The lowest BCUT2D eigenvalue weighted by Gasteiger charge is -2.33. The van der Waals surface area contributed by atoms with Crippen LogP contribution in [0, 0.1) is 13.8 Å². The van der Waals surface area contributed by atoms with Gasteiger partial charge in [-0.05, 0) is 57.4 Å². The SMILES string of the molecule is Cc1cc(OCC(=O)N2CCC(O)C2(C)C)cc(C)c1Cl. The van der Waals surface area contributed by atoms with Crippen molar-refractivity contribution in [2.45, 2.75) is 45.8 Å². The number of aliphatic hydroxyl groups excluding tert-OH is 1. The summed E-state index contributed by atoms with van der Waals surface area (Å²) in [6, 6.07) is 3.65. The molecule has 1 heterocycles. The maximum atomic E-state index is 12.3. The van der Waals surface area contributed by atoms with Crippen LogP contribution in [0.4, 0.5) is 0 Å². The van der Waals surface area contributed by atoms with Gasteiger partial charge in [-0.1, -0.05) is 11.6 Å². The number of aryl methyl sites for hydroxylation is 2. The molecule has 0 bridgehead atoms.